The minimum Gasteiger partial charge on any atom is -0.401 e. The summed E-state index contributed by atoms with van der Waals surface area (Å²) in [7, 11) is -2.98. The van der Waals surface area contributed by atoms with Crippen molar-refractivity contribution in [2.45, 2.75) is 46.1 Å². The molecule has 0 aliphatic heterocycles. The van der Waals surface area contributed by atoms with Crippen LogP contribution >= 0.6 is 0 Å². The Morgan fingerprint density at radius 1 is 0.548 bits per heavy atom. The van der Waals surface area contributed by atoms with Crippen molar-refractivity contribution in [3.8, 4) is 0 Å². The fourth-order valence-corrected chi connectivity index (χ4v) is 11.6. The molecule has 1 aliphatic rings. The average Bonchev–Trinajstić information content (AvgIpc) is 3.03. The van der Waals surface area contributed by atoms with Gasteiger partial charge in [-0.25, -0.2) is 0 Å². The molecule has 0 heterocycles. The Hall–Kier alpha value is -3.72. The summed E-state index contributed by atoms with van der Waals surface area (Å²) in [6.07, 6.45) is 3.86. The average molecular weight is 565 g/mol. The number of benzene rings is 6. The lowest BCUT2D eigenvalue weighted by Crippen LogP contribution is -2.71. The minimum absolute atomic E-state index is 0.213. The van der Waals surface area contributed by atoms with Crippen LogP contribution in [0.5, 0.6) is 0 Å². The maximum Gasteiger partial charge on any atom is 0.288 e. The zero-order chi connectivity index (χ0) is 28.7. The Balaban J connectivity index is 1.54. The van der Waals surface area contributed by atoms with Crippen LogP contribution in [-0.2, 0) is 4.43 Å². The fourth-order valence-electron chi connectivity index (χ4n) is 7.41. The van der Waals surface area contributed by atoms with Crippen LogP contribution in [0.4, 0.5) is 0 Å². The van der Waals surface area contributed by atoms with Crippen molar-refractivity contribution in [3.63, 3.8) is 0 Å². The number of hydrogen-bond donors (Lipinski definition) is 0. The van der Waals surface area contributed by atoms with E-state index in [0.717, 1.165) is 6.42 Å². The second-order valence-electron chi connectivity index (χ2n) is 12.8. The summed E-state index contributed by atoms with van der Waals surface area (Å²) in [6.45, 7) is 7.20. The maximum atomic E-state index is 7.97. The molecule has 1 fully saturated rings. The Bertz CT molecular complexity index is 1680. The van der Waals surface area contributed by atoms with Crippen molar-refractivity contribution in [1.29, 1.82) is 0 Å². The smallest absolute Gasteiger partial charge is 0.288 e. The van der Waals surface area contributed by atoms with Crippen LogP contribution in [0.2, 0.25) is 0 Å². The van der Waals surface area contributed by atoms with E-state index in [1.807, 2.05) is 0 Å². The molecule has 1 saturated carbocycles. The zero-order valence-electron chi connectivity index (χ0n) is 25.0. The SMILES string of the molecule is CC(C)[C@@H]1CC[C@@H](C)C[C@H]1O[Si](c1ccc2ccccc2c1)(c1ccc2ccccc2c1)c1ccc2ccccc2c1. The Morgan fingerprint density at radius 3 is 1.36 bits per heavy atom. The van der Waals surface area contributed by atoms with Gasteiger partial charge in [-0.3, -0.25) is 0 Å². The number of rotatable bonds is 6. The molecule has 0 radical (unpaired) electrons. The molecular weight excluding hydrogens is 525 g/mol. The van der Waals surface area contributed by atoms with Crippen LogP contribution in [0.25, 0.3) is 32.3 Å². The van der Waals surface area contributed by atoms with E-state index in [0.29, 0.717) is 17.8 Å². The van der Waals surface area contributed by atoms with Gasteiger partial charge in [-0.2, -0.15) is 0 Å². The lowest BCUT2D eigenvalue weighted by molar-refractivity contribution is 0.0442. The lowest BCUT2D eigenvalue weighted by Gasteiger charge is -2.44. The molecule has 0 bridgehead atoms. The highest BCUT2D eigenvalue weighted by Gasteiger charge is 2.47. The van der Waals surface area contributed by atoms with Crippen LogP contribution in [-0.4, -0.2) is 14.4 Å². The highest BCUT2D eigenvalue weighted by molar-refractivity contribution is 7.07. The van der Waals surface area contributed by atoms with Gasteiger partial charge in [-0.15, -0.1) is 0 Å². The first-order chi connectivity index (χ1) is 20.5. The van der Waals surface area contributed by atoms with Crippen molar-refractivity contribution < 1.29 is 4.43 Å². The quantitative estimate of drug-likeness (QED) is 0.145. The largest absolute Gasteiger partial charge is 0.401 e. The van der Waals surface area contributed by atoms with Gasteiger partial charge >= 0.3 is 0 Å². The highest BCUT2D eigenvalue weighted by atomic mass is 28.4. The molecule has 3 atom stereocenters. The third-order valence-electron chi connectivity index (χ3n) is 9.76. The number of hydrogen-bond acceptors (Lipinski definition) is 1. The fraction of sp³-hybridized carbons (Fsp3) is 0.250. The summed E-state index contributed by atoms with van der Waals surface area (Å²) in [5.74, 6) is 1.80. The van der Waals surface area contributed by atoms with Crippen LogP contribution < -0.4 is 15.6 Å². The number of fused-ring (bicyclic) bond motifs is 3. The van der Waals surface area contributed by atoms with Gasteiger partial charge in [0.05, 0.1) is 0 Å². The van der Waals surface area contributed by atoms with E-state index in [1.165, 1.54) is 60.7 Å². The molecule has 6 aromatic rings. The normalized spacial score (nSPS) is 19.6. The van der Waals surface area contributed by atoms with Crippen LogP contribution in [0.15, 0.2) is 127 Å². The van der Waals surface area contributed by atoms with Crippen LogP contribution in [0.3, 0.4) is 0 Å². The second-order valence-corrected chi connectivity index (χ2v) is 16.2. The molecule has 2 heteroatoms. The molecule has 0 aromatic heterocycles. The van der Waals surface area contributed by atoms with Gasteiger partial charge in [-0.1, -0.05) is 155 Å². The molecule has 1 nitrogen and oxygen atoms in total. The molecule has 7 rings (SSSR count). The summed E-state index contributed by atoms with van der Waals surface area (Å²) < 4.78 is 7.97. The zero-order valence-corrected chi connectivity index (χ0v) is 26.0. The van der Waals surface area contributed by atoms with Crippen molar-refractivity contribution in [3.05, 3.63) is 127 Å². The van der Waals surface area contributed by atoms with Gasteiger partial charge < -0.3 is 4.43 Å². The molecule has 0 saturated heterocycles. The van der Waals surface area contributed by atoms with E-state index in [9.17, 15) is 0 Å². The molecule has 1 aliphatic carbocycles. The third-order valence-corrected chi connectivity index (χ3v) is 13.8. The minimum atomic E-state index is -2.98. The van der Waals surface area contributed by atoms with Crippen molar-refractivity contribution in [1.82, 2.24) is 0 Å². The van der Waals surface area contributed by atoms with Crippen molar-refractivity contribution in [2.75, 3.05) is 0 Å². The highest BCUT2D eigenvalue weighted by Crippen LogP contribution is 2.37. The maximum absolute atomic E-state index is 7.97. The predicted octanol–water partition coefficient (Wildman–Crippen LogP) is 8.59. The summed E-state index contributed by atoms with van der Waals surface area (Å²) in [5, 5.41) is 11.6. The van der Waals surface area contributed by atoms with E-state index in [-0.39, 0.29) is 6.10 Å². The first-order valence-electron chi connectivity index (χ1n) is 15.7. The van der Waals surface area contributed by atoms with E-state index < -0.39 is 8.32 Å². The Morgan fingerprint density at radius 2 is 0.952 bits per heavy atom. The molecule has 0 N–H and O–H groups in total. The third kappa shape index (κ3) is 4.87. The van der Waals surface area contributed by atoms with E-state index in [2.05, 4.69) is 148 Å². The van der Waals surface area contributed by atoms with Gasteiger partial charge in [0.25, 0.3) is 8.32 Å². The van der Waals surface area contributed by atoms with Crippen molar-refractivity contribution >= 4 is 56.2 Å². The second kappa shape index (κ2) is 11.2. The Kier molecular flexibility index (Phi) is 7.21. The topological polar surface area (TPSA) is 9.23 Å². The molecule has 0 spiro atoms. The van der Waals surface area contributed by atoms with Crippen molar-refractivity contribution in [2.24, 2.45) is 17.8 Å². The molecule has 6 aromatic carbocycles. The van der Waals surface area contributed by atoms with Crippen LogP contribution in [0.1, 0.15) is 40.0 Å². The standard InChI is InChI=1S/C40H40OSi/c1-28(2)39-23-16-29(3)24-40(39)41-42(36-20-17-30-10-4-7-13-33(30)25-36,37-21-18-31-11-5-8-14-34(31)26-37)38-22-19-32-12-6-9-15-35(32)27-38/h4-15,17-22,25-29,39-40H,16,23-24H2,1-3H3/t29-,39+,40-/m1/s1. The van der Waals surface area contributed by atoms with E-state index in [4.69, 9.17) is 4.43 Å². The summed E-state index contributed by atoms with van der Waals surface area (Å²) in [4.78, 5) is 0. The molecule has 0 amide bonds. The van der Waals surface area contributed by atoms with Gasteiger partial charge in [0, 0.05) is 6.10 Å². The van der Waals surface area contributed by atoms with E-state index >= 15 is 0 Å². The molecule has 42 heavy (non-hydrogen) atoms. The lowest BCUT2D eigenvalue weighted by atomic mass is 9.75. The summed E-state index contributed by atoms with van der Waals surface area (Å²) in [6, 6.07) is 47.6. The first kappa shape index (κ1) is 27.1. The molecule has 210 valence electrons. The van der Waals surface area contributed by atoms with Gasteiger partial charge in [-0.05, 0) is 78.5 Å². The van der Waals surface area contributed by atoms with Gasteiger partial charge in [0.15, 0.2) is 0 Å². The van der Waals surface area contributed by atoms with Gasteiger partial charge in [0.2, 0.25) is 0 Å². The van der Waals surface area contributed by atoms with E-state index in [1.54, 1.807) is 0 Å². The monoisotopic (exact) mass is 564 g/mol. The van der Waals surface area contributed by atoms with Gasteiger partial charge in [0.1, 0.15) is 0 Å². The first-order valence-corrected chi connectivity index (χ1v) is 17.6. The summed E-state index contributed by atoms with van der Waals surface area (Å²) in [5.41, 5.74) is 0. The summed E-state index contributed by atoms with van der Waals surface area (Å²) >= 11 is 0. The predicted molar refractivity (Wildman–Crippen MR) is 183 cm³/mol. The van der Waals surface area contributed by atoms with Crippen LogP contribution in [0, 0.1) is 17.8 Å². The Labute approximate surface area is 251 Å². The molecular formula is C40H40OSi. The molecule has 0 unspecified atom stereocenters.